The van der Waals surface area contributed by atoms with Crippen molar-refractivity contribution in [2.45, 2.75) is 0 Å². The van der Waals surface area contributed by atoms with Crippen LogP contribution in [0.2, 0.25) is 0 Å². The first-order valence-electron chi connectivity index (χ1n) is 3.53. The average Bonchev–Trinajstić information content (AvgIpc) is 2.16. The van der Waals surface area contributed by atoms with Crippen LogP contribution in [0.3, 0.4) is 0 Å². The number of anilines is 1. The van der Waals surface area contributed by atoms with Gasteiger partial charge in [0, 0.05) is 17.7 Å². The zero-order valence-corrected chi connectivity index (χ0v) is 8.55. The number of amides is 1. The van der Waals surface area contributed by atoms with E-state index >= 15 is 0 Å². The number of nitrogens with zero attached hydrogens (tertiary/aromatic N) is 1. The molecule has 0 spiro atoms. The maximum absolute atomic E-state index is 11.3. The van der Waals surface area contributed by atoms with Crippen molar-refractivity contribution in [1.29, 1.82) is 0 Å². The average molecular weight is 245 g/mol. The standard InChI is InChI=1S/C7H9BrN4O/c1-10-7(13)5-2-4(8)3-11-6(5)12-9/h2-3H,9H2,1H3,(H,10,13)(H,11,12). The Kier molecular flexibility index (Phi) is 3.21. The van der Waals surface area contributed by atoms with E-state index in [0.29, 0.717) is 11.4 Å². The Morgan fingerprint density at radius 3 is 2.92 bits per heavy atom. The van der Waals surface area contributed by atoms with Gasteiger partial charge in [0.05, 0.1) is 5.56 Å². The van der Waals surface area contributed by atoms with Crippen LogP contribution in [0.25, 0.3) is 0 Å². The highest BCUT2D eigenvalue weighted by molar-refractivity contribution is 9.10. The van der Waals surface area contributed by atoms with E-state index < -0.39 is 0 Å². The first-order chi connectivity index (χ1) is 6.19. The number of carbonyl (C=O) groups is 1. The molecule has 1 heterocycles. The van der Waals surface area contributed by atoms with Gasteiger partial charge in [-0.2, -0.15) is 0 Å². The van der Waals surface area contributed by atoms with Gasteiger partial charge in [-0.25, -0.2) is 10.8 Å². The van der Waals surface area contributed by atoms with Crippen molar-refractivity contribution in [2.24, 2.45) is 5.84 Å². The molecule has 0 unspecified atom stereocenters. The van der Waals surface area contributed by atoms with Gasteiger partial charge in [-0.1, -0.05) is 0 Å². The first-order valence-corrected chi connectivity index (χ1v) is 4.32. The molecular formula is C7H9BrN4O. The monoisotopic (exact) mass is 244 g/mol. The van der Waals surface area contributed by atoms with Gasteiger partial charge in [-0.05, 0) is 22.0 Å². The summed E-state index contributed by atoms with van der Waals surface area (Å²) in [5, 5.41) is 2.49. The quantitative estimate of drug-likeness (QED) is 0.523. The van der Waals surface area contributed by atoms with Crippen LogP contribution in [0.15, 0.2) is 16.7 Å². The molecule has 0 aliphatic carbocycles. The van der Waals surface area contributed by atoms with Gasteiger partial charge < -0.3 is 10.7 Å². The lowest BCUT2D eigenvalue weighted by molar-refractivity contribution is 0.0963. The van der Waals surface area contributed by atoms with Gasteiger partial charge in [0.1, 0.15) is 0 Å². The normalized spacial score (nSPS) is 9.46. The summed E-state index contributed by atoms with van der Waals surface area (Å²) in [4.78, 5) is 15.2. The van der Waals surface area contributed by atoms with Crippen LogP contribution < -0.4 is 16.6 Å². The van der Waals surface area contributed by atoms with E-state index in [-0.39, 0.29) is 5.91 Å². The smallest absolute Gasteiger partial charge is 0.254 e. The molecule has 0 bridgehead atoms. The molecule has 1 rings (SSSR count). The summed E-state index contributed by atoms with van der Waals surface area (Å²) in [6, 6.07) is 1.64. The Labute approximate surface area is 83.8 Å². The van der Waals surface area contributed by atoms with Gasteiger partial charge in [-0.3, -0.25) is 4.79 Å². The highest BCUT2D eigenvalue weighted by Gasteiger charge is 2.10. The largest absolute Gasteiger partial charge is 0.355 e. The summed E-state index contributed by atoms with van der Waals surface area (Å²) < 4.78 is 0.727. The Hall–Kier alpha value is -1.14. The molecule has 0 fully saturated rings. The fraction of sp³-hybridized carbons (Fsp3) is 0.143. The molecule has 0 aliphatic rings. The van der Waals surface area contributed by atoms with Crippen LogP contribution in [0, 0.1) is 0 Å². The van der Waals surface area contributed by atoms with Crippen molar-refractivity contribution in [1.82, 2.24) is 10.3 Å². The Balaban J connectivity index is 3.15. The second-order valence-electron chi connectivity index (χ2n) is 2.27. The summed E-state index contributed by atoms with van der Waals surface area (Å²) in [5.41, 5.74) is 2.75. The fourth-order valence-electron chi connectivity index (χ4n) is 0.862. The first kappa shape index (κ1) is 9.94. The van der Waals surface area contributed by atoms with Crippen LogP contribution in [-0.4, -0.2) is 17.9 Å². The summed E-state index contributed by atoms with van der Waals surface area (Å²) in [5.74, 6) is 5.30. The van der Waals surface area contributed by atoms with Crippen LogP contribution in [-0.2, 0) is 0 Å². The van der Waals surface area contributed by atoms with Crippen LogP contribution in [0.4, 0.5) is 5.82 Å². The van der Waals surface area contributed by atoms with Gasteiger partial charge in [0.15, 0.2) is 5.82 Å². The van der Waals surface area contributed by atoms with Crippen molar-refractivity contribution in [2.75, 3.05) is 12.5 Å². The number of aromatic nitrogens is 1. The minimum Gasteiger partial charge on any atom is -0.355 e. The molecule has 0 radical (unpaired) electrons. The van der Waals surface area contributed by atoms with Crippen LogP contribution in [0.5, 0.6) is 0 Å². The van der Waals surface area contributed by atoms with Crippen molar-refractivity contribution >= 4 is 27.7 Å². The van der Waals surface area contributed by atoms with E-state index in [0.717, 1.165) is 4.47 Å². The van der Waals surface area contributed by atoms with E-state index in [1.807, 2.05) is 0 Å². The van der Waals surface area contributed by atoms with E-state index in [1.54, 1.807) is 19.3 Å². The molecule has 0 aromatic carbocycles. The third-order valence-electron chi connectivity index (χ3n) is 1.46. The highest BCUT2D eigenvalue weighted by atomic mass is 79.9. The van der Waals surface area contributed by atoms with Crippen molar-refractivity contribution in [3.63, 3.8) is 0 Å². The van der Waals surface area contributed by atoms with Gasteiger partial charge in [0.2, 0.25) is 0 Å². The minimum atomic E-state index is -0.234. The third-order valence-corrected chi connectivity index (χ3v) is 1.90. The molecular weight excluding hydrogens is 236 g/mol. The van der Waals surface area contributed by atoms with Gasteiger partial charge >= 0.3 is 0 Å². The number of nitrogens with two attached hydrogens (primary N) is 1. The molecule has 13 heavy (non-hydrogen) atoms. The number of carbonyl (C=O) groups excluding carboxylic acids is 1. The Bertz CT molecular complexity index is 328. The maximum Gasteiger partial charge on any atom is 0.254 e. The van der Waals surface area contributed by atoms with Crippen LogP contribution in [0.1, 0.15) is 10.4 Å². The molecule has 1 aromatic rings. The number of rotatable bonds is 2. The Morgan fingerprint density at radius 2 is 2.38 bits per heavy atom. The van der Waals surface area contributed by atoms with E-state index in [4.69, 9.17) is 5.84 Å². The zero-order valence-electron chi connectivity index (χ0n) is 6.97. The predicted octanol–water partition coefficient (Wildman–Crippen LogP) is 0.489. The van der Waals surface area contributed by atoms with Gasteiger partial charge in [0.25, 0.3) is 5.91 Å². The lowest BCUT2D eigenvalue weighted by atomic mass is 10.2. The molecule has 0 aliphatic heterocycles. The van der Waals surface area contributed by atoms with Crippen molar-refractivity contribution < 1.29 is 4.79 Å². The van der Waals surface area contributed by atoms with Crippen LogP contribution >= 0.6 is 15.9 Å². The number of nitrogens with one attached hydrogen (secondary N) is 2. The lowest BCUT2D eigenvalue weighted by Gasteiger charge is -2.06. The summed E-state index contributed by atoms with van der Waals surface area (Å²) in [6.45, 7) is 0. The second kappa shape index (κ2) is 4.20. The number of pyridine rings is 1. The van der Waals surface area contributed by atoms with Gasteiger partial charge in [-0.15, -0.1) is 0 Å². The molecule has 4 N–H and O–H groups in total. The zero-order chi connectivity index (χ0) is 9.84. The summed E-state index contributed by atoms with van der Waals surface area (Å²) in [7, 11) is 1.55. The summed E-state index contributed by atoms with van der Waals surface area (Å²) in [6.07, 6.45) is 1.56. The van der Waals surface area contributed by atoms with Crippen molar-refractivity contribution in [3.05, 3.63) is 22.3 Å². The third kappa shape index (κ3) is 2.16. The molecule has 0 atom stereocenters. The molecule has 5 nitrogen and oxygen atoms in total. The fourth-order valence-corrected chi connectivity index (χ4v) is 1.19. The summed E-state index contributed by atoms with van der Waals surface area (Å²) >= 11 is 3.21. The van der Waals surface area contributed by atoms with Crippen molar-refractivity contribution in [3.8, 4) is 0 Å². The number of hydrogen-bond acceptors (Lipinski definition) is 4. The molecule has 70 valence electrons. The highest BCUT2D eigenvalue weighted by Crippen LogP contribution is 2.16. The van der Waals surface area contributed by atoms with E-state index in [2.05, 4.69) is 31.7 Å². The molecule has 6 heteroatoms. The predicted molar refractivity (Wildman–Crippen MR) is 53.1 cm³/mol. The number of halogens is 1. The molecule has 1 aromatic heterocycles. The maximum atomic E-state index is 11.3. The number of nitrogen functional groups attached to an aromatic ring is 1. The van der Waals surface area contributed by atoms with E-state index in [1.165, 1.54) is 0 Å². The lowest BCUT2D eigenvalue weighted by Crippen LogP contribution is -2.22. The SMILES string of the molecule is CNC(=O)c1cc(Br)cnc1NN. The van der Waals surface area contributed by atoms with E-state index in [9.17, 15) is 4.79 Å². The Morgan fingerprint density at radius 1 is 1.69 bits per heavy atom. The molecule has 0 saturated carbocycles. The molecule has 0 saturated heterocycles. The minimum absolute atomic E-state index is 0.234. The molecule has 1 amide bonds. The number of hydrogen-bond donors (Lipinski definition) is 3. The second-order valence-corrected chi connectivity index (χ2v) is 3.19. The topological polar surface area (TPSA) is 80.0 Å². The number of hydrazine groups is 1.